The van der Waals surface area contributed by atoms with Gasteiger partial charge in [0.1, 0.15) is 28.7 Å². The molecule has 0 amide bonds. The number of alkyl halides is 1. The fourth-order valence-electron chi connectivity index (χ4n) is 2.79. The minimum Gasteiger partial charge on any atom is -0.377 e. The van der Waals surface area contributed by atoms with E-state index in [1.807, 2.05) is 0 Å². The molecule has 25 heavy (non-hydrogen) atoms. The molecular formula is C16H18BrF2N5O. The Labute approximate surface area is 153 Å². The molecule has 0 spiro atoms. The molecule has 0 aromatic carbocycles. The van der Waals surface area contributed by atoms with E-state index in [1.54, 1.807) is 18.5 Å². The molecule has 1 aliphatic rings. The van der Waals surface area contributed by atoms with Crippen LogP contribution in [0.15, 0.2) is 35.3 Å². The summed E-state index contributed by atoms with van der Waals surface area (Å²) in [7, 11) is 0. The van der Waals surface area contributed by atoms with Crippen molar-refractivity contribution in [1.82, 2.24) is 15.0 Å². The first kappa shape index (κ1) is 17.9. The molecule has 0 unspecified atom stereocenters. The van der Waals surface area contributed by atoms with Gasteiger partial charge in [-0.15, -0.1) is 0 Å². The SMILES string of the molecule is FCCOC[C@H]1CN(c2cnc(Br)cn2)CCN1c1ccc(F)cn1. The Bertz CT molecular complexity index is 673. The zero-order valence-corrected chi connectivity index (χ0v) is 15.1. The summed E-state index contributed by atoms with van der Waals surface area (Å²) < 4.78 is 31.6. The Morgan fingerprint density at radius 1 is 1.12 bits per heavy atom. The normalized spacial score (nSPS) is 17.8. The molecular weight excluding hydrogens is 396 g/mol. The van der Waals surface area contributed by atoms with E-state index in [0.717, 1.165) is 12.4 Å². The Kier molecular flexibility index (Phi) is 6.09. The molecule has 0 saturated carbocycles. The van der Waals surface area contributed by atoms with Gasteiger partial charge in [0, 0.05) is 19.6 Å². The van der Waals surface area contributed by atoms with Gasteiger partial charge in [-0.2, -0.15) is 0 Å². The maximum atomic E-state index is 13.1. The van der Waals surface area contributed by atoms with E-state index in [4.69, 9.17) is 4.74 Å². The van der Waals surface area contributed by atoms with Gasteiger partial charge in [-0.25, -0.2) is 23.7 Å². The fraction of sp³-hybridized carbons (Fsp3) is 0.438. The van der Waals surface area contributed by atoms with E-state index in [0.29, 0.717) is 30.1 Å². The average molecular weight is 414 g/mol. The standard InChI is InChI=1S/C16H18BrF2N5O/c17-14-8-22-16(9-20-14)23-4-5-24(13(10-23)11-25-6-3-18)15-2-1-12(19)7-21-15/h1-2,7-9,13H,3-6,10-11H2/t13-/m1/s1. The molecule has 0 radical (unpaired) electrons. The highest BCUT2D eigenvalue weighted by atomic mass is 79.9. The lowest BCUT2D eigenvalue weighted by Crippen LogP contribution is -2.56. The van der Waals surface area contributed by atoms with Gasteiger partial charge < -0.3 is 14.5 Å². The van der Waals surface area contributed by atoms with Crippen LogP contribution in [0.25, 0.3) is 0 Å². The first-order valence-corrected chi connectivity index (χ1v) is 8.71. The lowest BCUT2D eigenvalue weighted by Gasteiger charge is -2.42. The third kappa shape index (κ3) is 4.60. The molecule has 2 aromatic rings. The van der Waals surface area contributed by atoms with Crippen LogP contribution in [0, 0.1) is 5.82 Å². The third-order valence-electron chi connectivity index (χ3n) is 3.95. The van der Waals surface area contributed by atoms with Crippen molar-refractivity contribution in [3.05, 3.63) is 41.1 Å². The second kappa shape index (κ2) is 8.48. The van der Waals surface area contributed by atoms with Crippen LogP contribution in [0.5, 0.6) is 0 Å². The predicted molar refractivity (Wildman–Crippen MR) is 94.1 cm³/mol. The van der Waals surface area contributed by atoms with Gasteiger partial charge in [0.25, 0.3) is 0 Å². The first-order valence-electron chi connectivity index (χ1n) is 7.92. The first-order chi connectivity index (χ1) is 12.2. The summed E-state index contributed by atoms with van der Waals surface area (Å²) in [5.41, 5.74) is 0. The molecule has 9 heteroatoms. The van der Waals surface area contributed by atoms with Crippen molar-refractivity contribution < 1.29 is 13.5 Å². The van der Waals surface area contributed by atoms with E-state index in [-0.39, 0.29) is 18.5 Å². The minimum atomic E-state index is -0.524. The van der Waals surface area contributed by atoms with Crippen LogP contribution in [-0.2, 0) is 4.74 Å². The zero-order valence-electron chi connectivity index (χ0n) is 13.5. The molecule has 1 fully saturated rings. The molecule has 3 rings (SSSR count). The highest BCUT2D eigenvalue weighted by Crippen LogP contribution is 2.22. The molecule has 0 aliphatic carbocycles. The summed E-state index contributed by atoms with van der Waals surface area (Å²) in [6.45, 7) is 1.89. The number of piperazine rings is 1. The van der Waals surface area contributed by atoms with Crippen molar-refractivity contribution in [3.8, 4) is 0 Å². The topological polar surface area (TPSA) is 54.4 Å². The summed E-state index contributed by atoms with van der Waals surface area (Å²) in [5.74, 6) is 1.07. The molecule has 3 heterocycles. The summed E-state index contributed by atoms with van der Waals surface area (Å²) in [4.78, 5) is 16.9. The number of halogens is 3. The van der Waals surface area contributed by atoms with Crippen LogP contribution in [0.3, 0.4) is 0 Å². The van der Waals surface area contributed by atoms with Crippen LogP contribution < -0.4 is 9.80 Å². The van der Waals surface area contributed by atoms with E-state index >= 15 is 0 Å². The van der Waals surface area contributed by atoms with Gasteiger partial charge in [-0.05, 0) is 28.1 Å². The Hall–Kier alpha value is -1.87. The lowest BCUT2D eigenvalue weighted by atomic mass is 10.1. The van der Waals surface area contributed by atoms with Crippen molar-refractivity contribution in [3.63, 3.8) is 0 Å². The van der Waals surface area contributed by atoms with E-state index in [1.165, 1.54) is 12.3 Å². The molecule has 1 aliphatic heterocycles. The zero-order chi connectivity index (χ0) is 17.6. The summed E-state index contributed by atoms with van der Waals surface area (Å²) in [6.07, 6.45) is 4.55. The quantitative estimate of drug-likeness (QED) is 0.678. The van der Waals surface area contributed by atoms with Crippen molar-refractivity contribution in [1.29, 1.82) is 0 Å². The van der Waals surface area contributed by atoms with Gasteiger partial charge in [0.05, 0.1) is 37.8 Å². The van der Waals surface area contributed by atoms with Crippen molar-refractivity contribution in [2.45, 2.75) is 6.04 Å². The van der Waals surface area contributed by atoms with Crippen molar-refractivity contribution in [2.75, 3.05) is 49.3 Å². The largest absolute Gasteiger partial charge is 0.377 e. The number of hydrogen-bond donors (Lipinski definition) is 0. The third-order valence-corrected chi connectivity index (χ3v) is 4.36. The highest BCUT2D eigenvalue weighted by Gasteiger charge is 2.29. The van der Waals surface area contributed by atoms with Crippen LogP contribution in [0.1, 0.15) is 0 Å². The van der Waals surface area contributed by atoms with Gasteiger partial charge in [0.15, 0.2) is 0 Å². The fourth-order valence-corrected chi connectivity index (χ4v) is 2.99. The average Bonchev–Trinajstić information content (AvgIpc) is 2.63. The lowest BCUT2D eigenvalue weighted by molar-refractivity contribution is 0.104. The van der Waals surface area contributed by atoms with Crippen LogP contribution in [0.4, 0.5) is 20.4 Å². The van der Waals surface area contributed by atoms with E-state index in [9.17, 15) is 8.78 Å². The van der Waals surface area contributed by atoms with Gasteiger partial charge in [-0.1, -0.05) is 0 Å². The molecule has 1 saturated heterocycles. The number of nitrogens with zero attached hydrogens (tertiary/aromatic N) is 5. The van der Waals surface area contributed by atoms with E-state index < -0.39 is 6.67 Å². The number of aromatic nitrogens is 3. The Morgan fingerprint density at radius 2 is 1.96 bits per heavy atom. The minimum absolute atomic E-state index is 0.0521. The monoisotopic (exact) mass is 413 g/mol. The number of pyridine rings is 1. The molecule has 2 aromatic heterocycles. The number of hydrogen-bond acceptors (Lipinski definition) is 6. The second-order valence-electron chi connectivity index (χ2n) is 5.59. The van der Waals surface area contributed by atoms with Gasteiger partial charge in [0.2, 0.25) is 0 Å². The van der Waals surface area contributed by atoms with Gasteiger partial charge in [-0.3, -0.25) is 0 Å². The van der Waals surface area contributed by atoms with Crippen LogP contribution >= 0.6 is 15.9 Å². The number of ether oxygens (including phenoxy) is 1. The molecule has 0 bridgehead atoms. The van der Waals surface area contributed by atoms with Crippen LogP contribution in [0.2, 0.25) is 0 Å². The molecule has 6 nitrogen and oxygen atoms in total. The van der Waals surface area contributed by atoms with Crippen LogP contribution in [-0.4, -0.2) is 60.5 Å². The maximum Gasteiger partial charge on any atom is 0.147 e. The van der Waals surface area contributed by atoms with Crippen molar-refractivity contribution in [2.24, 2.45) is 0 Å². The molecule has 0 N–H and O–H groups in total. The Morgan fingerprint density at radius 3 is 2.64 bits per heavy atom. The predicted octanol–water partition coefficient (Wildman–Crippen LogP) is 2.45. The summed E-state index contributed by atoms with van der Waals surface area (Å²) >= 11 is 3.27. The summed E-state index contributed by atoms with van der Waals surface area (Å²) in [5, 5.41) is 0. The van der Waals surface area contributed by atoms with Gasteiger partial charge >= 0.3 is 0 Å². The number of anilines is 2. The molecule has 1 atom stereocenters. The summed E-state index contributed by atoms with van der Waals surface area (Å²) in [6, 6.07) is 2.98. The number of rotatable bonds is 6. The van der Waals surface area contributed by atoms with E-state index in [2.05, 4.69) is 40.7 Å². The van der Waals surface area contributed by atoms with Crippen molar-refractivity contribution >= 4 is 27.6 Å². The highest BCUT2D eigenvalue weighted by molar-refractivity contribution is 9.10. The molecule has 134 valence electrons. The maximum absolute atomic E-state index is 13.1. The second-order valence-corrected chi connectivity index (χ2v) is 6.40. The smallest absolute Gasteiger partial charge is 0.147 e. The Balaban J connectivity index is 1.75.